The number of carbonyl (C=O) groups is 1. The molecule has 1 N–H and O–H groups in total. The zero-order valence-corrected chi connectivity index (χ0v) is 13.0. The molecule has 1 aliphatic heterocycles. The second-order valence-electron chi connectivity index (χ2n) is 5.86. The van der Waals surface area contributed by atoms with Crippen LogP contribution in [0, 0.1) is 0 Å². The SMILES string of the molecule is O=C(c1csc(NC2CC2)n1)N1CCC(n2cncn2)CC1. The van der Waals surface area contributed by atoms with Gasteiger partial charge in [0.1, 0.15) is 18.3 Å². The molecule has 1 saturated heterocycles. The van der Waals surface area contributed by atoms with E-state index in [9.17, 15) is 4.79 Å². The Balaban J connectivity index is 1.36. The average Bonchev–Trinajstić information content (AvgIpc) is 3.04. The van der Waals surface area contributed by atoms with Crippen molar-refractivity contribution in [3.63, 3.8) is 0 Å². The van der Waals surface area contributed by atoms with Gasteiger partial charge < -0.3 is 10.2 Å². The van der Waals surface area contributed by atoms with E-state index in [1.54, 1.807) is 12.7 Å². The standard InChI is InChI=1S/C14H18N6OS/c21-13(12-7-22-14(18-12)17-10-1-2-10)19-5-3-11(4-6-19)20-9-15-8-16-20/h7-11H,1-6H2,(H,17,18). The van der Waals surface area contributed by atoms with Crippen molar-refractivity contribution in [2.75, 3.05) is 18.4 Å². The Labute approximate surface area is 132 Å². The zero-order chi connectivity index (χ0) is 14.9. The second-order valence-corrected chi connectivity index (χ2v) is 6.71. The first-order valence-electron chi connectivity index (χ1n) is 7.65. The van der Waals surface area contributed by atoms with Crippen molar-refractivity contribution in [1.82, 2.24) is 24.6 Å². The van der Waals surface area contributed by atoms with Gasteiger partial charge in [0.25, 0.3) is 5.91 Å². The van der Waals surface area contributed by atoms with E-state index in [1.165, 1.54) is 24.2 Å². The minimum Gasteiger partial charge on any atom is -0.359 e. The van der Waals surface area contributed by atoms with Crippen molar-refractivity contribution in [1.29, 1.82) is 0 Å². The van der Waals surface area contributed by atoms with Crippen molar-refractivity contribution in [2.45, 2.75) is 37.8 Å². The number of carbonyl (C=O) groups excluding carboxylic acids is 1. The molecular weight excluding hydrogens is 300 g/mol. The summed E-state index contributed by atoms with van der Waals surface area (Å²) in [4.78, 5) is 22.8. The van der Waals surface area contributed by atoms with E-state index in [1.807, 2.05) is 15.0 Å². The van der Waals surface area contributed by atoms with E-state index >= 15 is 0 Å². The lowest BCUT2D eigenvalue weighted by molar-refractivity contribution is 0.0685. The van der Waals surface area contributed by atoms with Gasteiger partial charge in [-0.05, 0) is 25.7 Å². The molecule has 0 radical (unpaired) electrons. The van der Waals surface area contributed by atoms with E-state index in [0.29, 0.717) is 17.8 Å². The molecule has 2 fully saturated rings. The number of thiazole rings is 1. The fraction of sp³-hybridized carbons (Fsp3) is 0.571. The quantitative estimate of drug-likeness (QED) is 0.930. The molecule has 1 saturated carbocycles. The number of nitrogens with one attached hydrogen (secondary N) is 1. The van der Waals surface area contributed by atoms with Crippen LogP contribution in [0.15, 0.2) is 18.0 Å². The highest BCUT2D eigenvalue weighted by molar-refractivity contribution is 7.13. The van der Waals surface area contributed by atoms with Gasteiger partial charge in [-0.3, -0.25) is 4.79 Å². The summed E-state index contributed by atoms with van der Waals surface area (Å²) in [5, 5.41) is 10.2. The number of hydrogen-bond acceptors (Lipinski definition) is 6. The lowest BCUT2D eigenvalue weighted by Gasteiger charge is -2.31. The minimum atomic E-state index is 0.0390. The summed E-state index contributed by atoms with van der Waals surface area (Å²) in [6, 6.07) is 0.904. The van der Waals surface area contributed by atoms with Crippen LogP contribution in [0.4, 0.5) is 5.13 Å². The molecule has 8 heteroatoms. The molecule has 7 nitrogen and oxygen atoms in total. The molecule has 2 aromatic rings. The van der Waals surface area contributed by atoms with Crippen LogP contribution in [-0.4, -0.2) is 49.7 Å². The lowest BCUT2D eigenvalue weighted by Crippen LogP contribution is -2.39. The summed E-state index contributed by atoms with van der Waals surface area (Å²) in [6.07, 6.45) is 7.54. The first-order valence-corrected chi connectivity index (χ1v) is 8.53. The van der Waals surface area contributed by atoms with Crippen LogP contribution in [0.1, 0.15) is 42.2 Å². The predicted molar refractivity (Wildman–Crippen MR) is 83.0 cm³/mol. The van der Waals surface area contributed by atoms with Crippen molar-refractivity contribution >= 4 is 22.4 Å². The van der Waals surface area contributed by atoms with Gasteiger partial charge in [-0.2, -0.15) is 5.10 Å². The van der Waals surface area contributed by atoms with Crippen molar-refractivity contribution in [2.24, 2.45) is 0 Å². The maximum Gasteiger partial charge on any atom is 0.273 e. The molecule has 116 valence electrons. The van der Waals surface area contributed by atoms with E-state index in [2.05, 4.69) is 20.4 Å². The number of rotatable bonds is 4. The number of aromatic nitrogens is 4. The van der Waals surface area contributed by atoms with Crippen LogP contribution in [0.2, 0.25) is 0 Å². The molecule has 4 rings (SSSR count). The molecule has 0 atom stereocenters. The summed E-state index contributed by atoms with van der Waals surface area (Å²) < 4.78 is 1.89. The van der Waals surface area contributed by atoms with Crippen molar-refractivity contribution in [3.05, 3.63) is 23.7 Å². The normalized spacial score (nSPS) is 19.4. The molecule has 0 aromatic carbocycles. The molecule has 22 heavy (non-hydrogen) atoms. The van der Waals surface area contributed by atoms with Gasteiger partial charge in [0.15, 0.2) is 5.13 Å². The first-order chi connectivity index (χ1) is 10.8. The number of likely N-dealkylation sites (tertiary alicyclic amines) is 1. The Morgan fingerprint density at radius 2 is 2.09 bits per heavy atom. The van der Waals surface area contributed by atoms with E-state index in [-0.39, 0.29) is 5.91 Å². The lowest BCUT2D eigenvalue weighted by atomic mass is 10.1. The monoisotopic (exact) mass is 318 g/mol. The van der Waals surface area contributed by atoms with Gasteiger partial charge in [-0.25, -0.2) is 14.6 Å². The number of anilines is 1. The van der Waals surface area contributed by atoms with Gasteiger partial charge in [0.2, 0.25) is 0 Å². The molecular formula is C14H18N6OS. The Kier molecular flexibility index (Phi) is 3.53. The highest BCUT2D eigenvalue weighted by atomic mass is 32.1. The number of hydrogen-bond donors (Lipinski definition) is 1. The number of nitrogens with zero attached hydrogens (tertiary/aromatic N) is 5. The first kappa shape index (κ1) is 13.7. The van der Waals surface area contributed by atoms with Gasteiger partial charge in [-0.15, -0.1) is 11.3 Å². The maximum atomic E-state index is 12.5. The average molecular weight is 318 g/mol. The second kappa shape index (κ2) is 5.68. The van der Waals surface area contributed by atoms with Gasteiger partial charge >= 0.3 is 0 Å². The molecule has 2 aliphatic rings. The van der Waals surface area contributed by atoms with E-state index in [0.717, 1.165) is 31.1 Å². The van der Waals surface area contributed by atoms with Crippen LogP contribution in [0.25, 0.3) is 0 Å². The summed E-state index contributed by atoms with van der Waals surface area (Å²) in [6.45, 7) is 1.48. The third kappa shape index (κ3) is 2.83. The Morgan fingerprint density at radius 1 is 1.27 bits per heavy atom. The number of piperidine rings is 1. The topological polar surface area (TPSA) is 75.9 Å². The van der Waals surface area contributed by atoms with Gasteiger partial charge in [0.05, 0.1) is 6.04 Å². The maximum absolute atomic E-state index is 12.5. The van der Waals surface area contributed by atoms with Gasteiger partial charge in [0, 0.05) is 24.5 Å². The highest BCUT2D eigenvalue weighted by Crippen LogP contribution is 2.28. The highest BCUT2D eigenvalue weighted by Gasteiger charge is 2.27. The van der Waals surface area contributed by atoms with Crippen LogP contribution >= 0.6 is 11.3 Å². The largest absolute Gasteiger partial charge is 0.359 e. The summed E-state index contributed by atoms with van der Waals surface area (Å²) in [5.74, 6) is 0.0390. The Hall–Kier alpha value is -1.96. The summed E-state index contributed by atoms with van der Waals surface area (Å²) in [7, 11) is 0. The van der Waals surface area contributed by atoms with Crippen LogP contribution in [-0.2, 0) is 0 Å². The third-order valence-electron chi connectivity index (χ3n) is 4.19. The molecule has 2 aromatic heterocycles. The van der Waals surface area contributed by atoms with Crippen LogP contribution < -0.4 is 5.32 Å². The molecule has 0 bridgehead atoms. The van der Waals surface area contributed by atoms with Gasteiger partial charge in [-0.1, -0.05) is 0 Å². The Morgan fingerprint density at radius 3 is 2.77 bits per heavy atom. The van der Waals surface area contributed by atoms with E-state index in [4.69, 9.17) is 0 Å². The fourth-order valence-electron chi connectivity index (χ4n) is 2.74. The third-order valence-corrected chi connectivity index (χ3v) is 4.96. The van der Waals surface area contributed by atoms with Crippen LogP contribution in [0.5, 0.6) is 0 Å². The van der Waals surface area contributed by atoms with Crippen LogP contribution in [0.3, 0.4) is 0 Å². The molecule has 3 heterocycles. The smallest absolute Gasteiger partial charge is 0.273 e. The summed E-state index contributed by atoms with van der Waals surface area (Å²) >= 11 is 1.52. The molecule has 1 amide bonds. The molecule has 0 unspecified atom stereocenters. The fourth-order valence-corrected chi connectivity index (χ4v) is 3.50. The molecule has 0 spiro atoms. The summed E-state index contributed by atoms with van der Waals surface area (Å²) in [5.41, 5.74) is 0.562. The minimum absolute atomic E-state index is 0.0390. The van der Waals surface area contributed by atoms with Crippen molar-refractivity contribution < 1.29 is 4.79 Å². The Bertz CT molecular complexity index is 642. The number of amides is 1. The van der Waals surface area contributed by atoms with Crippen molar-refractivity contribution in [3.8, 4) is 0 Å². The molecule has 1 aliphatic carbocycles. The predicted octanol–water partition coefficient (Wildman–Crippen LogP) is 1.79. The zero-order valence-electron chi connectivity index (χ0n) is 12.2. The van der Waals surface area contributed by atoms with E-state index < -0.39 is 0 Å².